The van der Waals surface area contributed by atoms with Crippen molar-refractivity contribution in [2.75, 3.05) is 0 Å². The number of fused-ring (bicyclic) bond motifs is 1. The van der Waals surface area contributed by atoms with E-state index in [-0.39, 0.29) is 23.2 Å². The van der Waals surface area contributed by atoms with E-state index in [1.54, 1.807) is 0 Å². The minimum absolute atomic E-state index is 0.0122. The maximum Gasteiger partial charge on any atom is 0.416 e. The van der Waals surface area contributed by atoms with Crippen molar-refractivity contribution in [3.63, 3.8) is 0 Å². The largest absolute Gasteiger partial charge is 0.416 e. The van der Waals surface area contributed by atoms with Crippen molar-refractivity contribution in [1.82, 2.24) is 0 Å². The number of benzene rings is 2. The molecule has 0 radical (unpaired) electrons. The standard InChI is InChI=1S/C16H8F4N2/c17-12-1-2-13(9(4-12)6-21)14-5-11(16(18,19)20)3-10-7-22-8-15(10)14/h1-5,8H,7H2. The minimum atomic E-state index is -4.50. The summed E-state index contributed by atoms with van der Waals surface area (Å²) >= 11 is 0. The molecule has 0 amide bonds. The first kappa shape index (κ1) is 14.3. The van der Waals surface area contributed by atoms with Gasteiger partial charge in [-0.3, -0.25) is 4.99 Å². The molecule has 0 fully saturated rings. The maximum atomic E-state index is 13.2. The van der Waals surface area contributed by atoms with E-state index in [1.165, 1.54) is 12.3 Å². The Kier molecular flexibility index (Phi) is 3.21. The first-order valence-corrected chi connectivity index (χ1v) is 6.34. The van der Waals surface area contributed by atoms with Crippen molar-refractivity contribution in [1.29, 1.82) is 5.26 Å². The summed E-state index contributed by atoms with van der Waals surface area (Å²) in [5, 5.41) is 9.11. The van der Waals surface area contributed by atoms with Crippen molar-refractivity contribution in [2.45, 2.75) is 12.7 Å². The molecule has 0 unspecified atom stereocenters. The van der Waals surface area contributed by atoms with Gasteiger partial charge in [-0.2, -0.15) is 18.4 Å². The van der Waals surface area contributed by atoms with Crippen molar-refractivity contribution >= 4 is 6.21 Å². The molecule has 0 atom stereocenters. The Hall–Kier alpha value is -2.68. The number of halogens is 4. The van der Waals surface area contributed by atoms with E-state index in [0.717, 1.165) is 24.3 Å². The summed E-state index contributed by atoms with van der Waals surface area (Å²) in [5.41, 5.74) is 0.665. The molecule has 6 heteroatoms. The average Bonchev–Trinajstić information content (AvgIpc) is 2.93. The summed E-state index contributed by atoms with van der Waals surface area (Å²) in [4.78, 5) is 3.98. The van der Waals surface area contributed by atoms with E-state index in [4.69, 9.17) is 5.26 Å². The molecule has 0 aliphatic carbocycles. The van der Waals surface area contributed by atoms with Crippen LogP contribution in [0.3, 0.4) is 0 Å². The van der Waals surface area contributed by atoms with Gasteiger partial charge in [0.25, 0.3) is 0 Å². The van der Waals surface area contributed by atoms with E-state index in [2.05, 4.69) is 4.99 Å². The molecule has 2 nitrogen and oxygen atoms in total. The predicted molar refractivity (Wildman–Crippen MR) is 72.9 cm³/mol. The molecule has 0 saturated carbocycles. The van der Waals surface area contributed by atoms with Gasteiger partial charge < -0.3 is 0 Å². The van der Waals surface area contributed by atoms with Gasteiger partial charge in [0.05, 0.1) is 23.7 Å². The van der Waals surface area contributed by atoms with Crippen LogP contribution in [0.2, 0.25) is 0 Å². The lowest BCUT2D eigenvalue weighted by Crippen LogP contribution is -2.07. The van der Waals surface area contributed by atoms with Gasteiger partial charge in [0.2, 0.25) is 0 Å². The Balaban J connectivity index is 2.29. The number of nitrogens with zero attached hydrogens (tertiary/aromatic N) is 2. The highest BCUT2D eigenvalue weighted by atomic mass is 19.4. The summed E-state index contributed by atoms with van der Waals surface area (Å²) in [6, 6.07) is 7.30. The topological polar surface area (TPSA) is 36.1 Å². The lowest BCUT2D eigenvalue weighted by atomic mass is 9.91. The lowest BCUT2D eigenvalue weighted by Gasteiger charge is -2.14. The summed E-state index contributed by atoms with van der Waals surface area (Å²) in [5.74, 6) is -0.613. The maximum absolute atomic E-state index is 13.2. The summed E-state index contributed by atoms with van der Waals surface area (Å²) in [6.07, 6.45) is -3.02. The SMILES string of the molecule is N#Cc1cc(F)ccc1-c1cc(C(F)(F)F)cc2c1C=NC2. The van der Waals surface area contributed by atoms with Crippen LogP contribution in [0.25, 0.3) is 11.1 Å². The zero-order valence-corrected chi connectivity index (χ0v) is 11.1. The quantitative estimate of drug-likeness (QED) is 0.723. The third-order valence-corrected chi connectivity index (χ3v) is 3.47. The monoisotopic (exact) mass is 304 g/mol. The zero-order valence-electron chi connectivity index (χ0n) is 11.1. The van der Waals surface area contributed by atoms with Crippen molar-refractivity contribution in [3.05, 3.63) is 58.4 Å². The fraction of sp³-hybridized carbons (Fsp3) is 0.125. The molecule has 2 aromatic rings. The molecule has 3 rings (SSSR count). The molecule has 2 aromatic carbocycles. The van der Waals surface area contributed by atoms with Crippen LogP contribution < -0.4 is 0 Å². The highest BCUT2D eigenvalue weighted by molar-refractivity contribution is 5.95. The molecule has 1 aliphatic rings. The molecule has 22 heavy (non-hydrogen) atoms. The van der Waals surface area contributed by atoms with Crippen LogP contribution in [-0.4, -0.2) is 6.21 Å². The second-order valence-electron chi connectivity index (χ2n) is 4.87. The van der Waals surface area contributed by atoms with Crippen molar-refractivity contribution in [3.8, 4) is 17.2 Å². The number of nitriles is 1. The number of aliphatic imine (C=N–C) groups is 1. The lowest BCUT2D eigenvalue weighted by molar-refractivity contribution is -0.137. The summed E-state index contributed by atoms with van der Waals surface area (Å²) in [7, 11) is 0. The predicted octanol–water partition coefficient (Wildman–Crippen LogP) is 4.32. The molecule has 0 N–H and O–H groups in total. The Morgan fingerprint density at radius 3 is 2.55 bits per heavy atom. The fourth-order valence-electron chi connectivity index (χ4n) is 2.46. The molecular formula is C16H8F4N2. The van der Waals surface area contributed by atoms with Gasteiger partial charge in [0.15, 0.2) is 0 Å². The Morgan fingerprint density at radius 1 is 1.09 bits per heavy atom. The van der Waals surface area contributed by atoms with E-state index in [9.17, 15) is 17.6 Å². The van der Waals surface area contributed by atoms with Gasteiger partial charge in [-0.05, 0) is 35.4 Å². The molecular weight excluding hydrogens is 296 g/mol. The van der Waals surface area contributed by atoms with E-state index in [1.807, 2.05) is 6.07 Å². The number of alkyl halides is 3. The van der Waals surface area contributed by atoms with E-state index >= 15 is 0 Å². The van der Waals surface area contributed by atoms with Gasteiger partial charge in [0, 0.05) is 17.3 Å². The van der Waals surface area contributed by atoms with Crippen LogP contribution in [0.15, 0.2) is 35.3 Å². The molecule has 110 valence electrons. The third kappa shape index (κ3) is 2.35. The molecule has 1 heterocycles. The molecule has 0 bridgehead atoms. The van der Waals surface area contributed by atoms with Crippen molar-refractivity contribution in [2.24, 2.45) is 4.99 Å². The van der Waals surface area contributed by atoms with Gasteiger partial charge in [0.1, 0.15) is 5.82 Å². The van der Waals surface area contributed by atoms with Crippen LogP contribution in [0.1, 0.15) is 22.3 Å². The smallest absolute Gasteiger partial charge is 0.288 e. The normalized spacial score (nSPS) is 13.0. The third-order valence-electron chi connectivity index (χ3n) is 3.47. The second kappa shape index (κ2) is 4.95. The molecule has 1 aliphatic heterocycles. The van der Waals surface area contributed by atoms with Crippen LogP contribution >= 0.6 is 0 Å². The molecule has 0 saturated heterocycles. The Bertz CT molecular complexity index is 829. The van der Waals surface area contributed by atoms with Gasteiger partial charge >= 0.3 is 6.18 Å². The van der Waals surface area contributed by atoms with Crippen molar-refractivity contribution < 1.29 is 17.6 Å². The van der Waals surface area contributed by atoms with E-state index < -0.39 is 17.6 Å². The average molecular weight is 304 g/mol. The van der Waals surface area contributed by atoms with E-state index in [0.29, 0.717) is 11.1 Å². The first-order valence-electron chi connectivity index (χ1n) is 6.34. The first-order chi connectivity index (χ1) is 10.4. The molecule has 0 aromatic heterocycles. The second-order valence-corrected chi connectivity index (χ2v) is 4.87. The Labute approximate surface area is 123 Å². The number of hydrogen-bond acceptors (Lipinski definition) is 2. The van der Waals surface area contributed by atoms with Crippen LogP contribution in [0, 0.1) is 17.1 Å². The van der Waals surface area contributed by atoms with Gasteiger partial charge in [-0.15, -0.1) is 0 Å². The fourth-order valence-corrected chi connectivity index (χ4v) is 2.46. The highest BCUT2D eigenvalue weighted by Crippen LogP contribution is 2.38. The van der Waals surface area contributed by atoms with Crippen LogP contribution in [0.4, 0.5) is 17.6 Å². The van der Waals surface area contributed by atoms with Crippen LogP contribution in [-0.2, 0) is 12.7 Å². The summed E-state index contributed by atoms with van der Waals surface area (Å²) in [6.45, 7) is 0.162. The number of rotatable bonds is 1. The van der Waals surface area contributed by atoms with Gasteiger partial charge in [-0.25, -0.2) is 4.39 Å². The number of hydrogen-bond donors (Lipinski definition) is 0. The van der Waals surface area contributed by atoms with Gasteiger partial charge in [-0.1, -0.05) is 6.07 Å². The summed E-state index contributed by atoms with van der Waals surface area (Å²) < 4.78 is 52.3. The minimum Gasteiger partial charge on any atom is -0.288 e. The highest BCUT2D eigenvalue weighted by Gasteiger charge is 2.33. The molecule has 0 spiro atoms. The Morgan fingerprint density at radius 2 is 1.86 bits per heavy atom. The zero-order chi connectivity index (χ0) is 15.9. The van der Waals surface area contributed by atoms with Crippen LogP contribution in [0.5, 0.6) is 0 Å².